The molecule has 4 aromatic rings. The van der Waals surface area contributed by atoms with Gasteiger partial charge in [0.15, 0.2) is 0 Å². The molecule has 0 aliphatic rings. The van der Waals surface area contributed by atoms with Crippen molar-refractivity contribution < 1.29 is 0 Å². The Bertz CT molecular complexity index is 920. The van der Waals surface area contributed by atoms with Crippen LogP contribution in [0.2, 0.25) is 0 Å². The van der Waals surface area contributed by atoms with Crippen LogP contribution in [0.15, 0.2) is 77.7 Å². The van der Waals surface area contributed by atoms with Gasteiger partial charge in [-0.25, -0.2) is 0 Å². The molecule has 0 aliphatic carbocycles. The average molecular weight is 351 g/mol. The minimum absolute atomic E-state index is 0.900. The number of para-hydroxylation sites is 1. The van der Waals surface area contributed by atoms with Crippen molar-refractivity contribution in [1.82, 2.24) is 9.55 Å². The van der Waals surface area contributed by atoms with Crippen molar-refractivity contribution in [2.45, 2.75) is 6.42 Å². The topological polar surface area (TPSA) is 20.7 Å². The summed E-state index contributed by atoms with van der Waals surface area (Å²) in [4.78, 5) is 3.36. The number of aromatic nitrogens is 2. The number of rotatable bonds is 3. The van der Waals surface area contributed by atoms with Gasteiger partial charge in [-0.2, -0.15) is 0 Å². The van der Waals surface area contributed by atoms with E-state index in [1.54, 1.807) is 0 Å². The third-order valence-electron chi connectivity index (χ3n) is 3.98. The van der Waals surface area contributed by atoms with E-state index in [1.165, 1.54) is 27.7 Å². The van der Waals surface area contributed by atoms with Gasteiger partial charge in [-0.15, -0.1) is 0 Å². The molecular weight excluding hydrogens is 336 g/mol. The molecule has 0 bridgehead atoms. The van der Waals surface area contributed by atoms with Gasteiger partial charge in [-0.3, -0.25) is 0 Å². The van der Waals surface area contributed by atoms with Crippen LogP contribution in [0.4, 0.5) is 0 Å². The molecule has 0 spiro atoms. The van der Waals surface area contributed by atoms with Crippen LogP contribution >= 0.6 is 15.9 Å². The molecule has 0 atom stereocenters. The molecule has 2 nitrogen and oxygen atoms in total. The summed E-state index contributed by atoms with van der Waals surface area (Å²) in [6.07, 6.45) is 7.19. The smallest absolute Gasteiger partial charge is 0.0485 e. The van der Waals surface area contributed by atoms with Crippen molar-refractivity contribution in [1.29, 1.82) is 0 Å². The fourth-order valence-corrected chi connectivity index (χ4v) is 3.33. The minimum atomic E-state index is 0.900. The van der Waals surface area contributed by atoms with Gasteiger partial charge < -0.3 is 9.55 Å². The Hall–Kier alpha value is -2.26. The summed E-state index contributed by atoms with van der Waals surface area (Å²) in [5, 5.41) is 1.29. The fourth-order valence-electron chi connectivity index (χ4n) is 2.93. The van der Waals surface area contributed by atoms with Gasteiger partial charge in [0, 0.05) is 46.1 Å². The first kappa shape index (κ1) is 13.4. The predicted octanol–water partition coefficient (Wildman–Crippen LogP) is 5.31. The molecule has 0 amide bonds. The molecule has 0 unspecified atom stereocenters. The number of halogens is 1. The van der Waals surface area contributed by atoms with Gasteiger partial charge in [0.05, 0.1) is 0 Å². The van der Waals surface area contributed by atoms with Gasteiger partial charge in [0.25, 0.3) is 0 Å². The zero-order valence-electron chi connectivity index (χ0n) is 12.0. The predicted molar refractivity (Wildman–Crippen MR) is 94.6 cm³/mol. The summed E-state index contributed by atoms with van der Waals surface area (Å²) >= 11 is 3.60. The molecule has 2 aromatic carbocycles. The second-order valence-electron chi connectivity index (χ2n) is 5.40. The monoisotopic (exact) mass is 350 g/mol. The second kappa shape index (κ2) is 5.50. The van der Waals surface area contributed by atoms with E-state index in [-0.39, 0.29) is 0 Å². The van der Waals surface area contributed by atoms with E-state index in [4.69, 9.17) is 0 Å². The molecule has 2 aromatic heterocycles. The second-order valence-corrected chi connectivity index (χ2v) is 6.32. The Morgan fingerprint density at radius 2 is 1.73 bits per heavy atom. The SMILES string of the molecule is Brc1ccc(-n2cccc2)c(Cc2c[nH]c3ccccc23)c1. The highest BCUT2D eigenvalue weighted by Crippen LogP contribution is 2.26. The van der Waals surface area contributed by atoms with E-state index in [2.05, 4.69) is 98.7 Å². The van der Waals surface area contributed by atoms with E-state index in [9.17, 15) is 0 Å². The van der Waals surface area contributed by atoms with E-state index >= 15 is 0 Å². The number of H-pyrrole nitrogens is 1. The maximum atomic E-state index is 3.60. The van der Waals surface area contributed by atoms with Crippen molar-refractivity contribution in [3.05, 3.63) is 88.8 Å². The molecule has 3 heteroatoms. The molecule has 22 heavy (non-hydrogen) atoms. The Morgan fingerprint density at radius 1 is 0.909 bits per heavy atom. The third kappa shape index (κ3) is 2.38. The van der Waals surface area contributed by atoms with Gasteiger partial charge in [0.2, 0.25) is 0 Å². The highest BCUT2D eigenvalue weighted by Gasteiger charge is 2.09. The lowest BCUT2D eigenvalue weighted by molar-refractivity contribution is 1.03. The molecule has 0 saturated heterocycles. The summed E-state index contributed by atoms with van der Waals surface area (Å²) in [5.74, 6) is 0. The largest absolute Gasteiger partial charge is 0.361 e. The van der Waals surface area contributed by atoms with Crippen LogP contribution in [-0.4, -0.2) is 9.55 Å². The van der Waals surface area contributed by atoms with Crippen molar-refractivity contribution in [2.24, 2.45) is 0 Å². The van der Waals surface area contributed by atoms with Crippen LogP contribution in [0.1, 0.15) is 11.1 Å². The zero-order valence-corrected chi connectivity index (χ0v) is 13.5. The standard InChI is InChI=1S/C19H15BrN2/c20-16-7-8-19(22-9-3-4-10-22)14(12-16)11-15-13-21-18-6-2-1-5-17(15)18/h1-10,12-13,21H,11H2. The van der Waals surface area contributed by atoms with Gasteiger partial charge in [-0.1, -0.05) is 34.1 Å². The molecule has 108 valence electrons. The Labute approximate surface area is 137 Å². The zero-order chi connectivity index (χ0) is 14.9. The van der Waals surface area contributed by atoms with E-state index in [1.807, 2.05) is 0 Å². The fraction of sp³-hybridized carbons (Fsp3) is 0.0526. The lowest BCUT2D eigenvalue weighted by Gasteiger charge is -2.11. The number of hydrogen-bond donors (Lipinski definition) is 1. The maximum absolute atomic E-state index is 3.60. The number of nitrogens with one attached hydrogen (secondary N) is 1. The van der Waals surface area contributed by atoms with Crippen molar-refractivity contribution in [2.75, 3.05) is 0 Å². The molecule has 4 rings (SSSR count). The van der Waals surface area contributed by atoms with Crippen LogP contribution in [0.25, 0.3) is 16.6 Å². The number of benzene rings is 2. The molecule has 1 N–H and O–H groups in total. The van der Waals surface area contributed by atoms with Crippen LogP contribution < -0.4 is 0 Å². The number of fused-ring (bicyclic) bond motifs is 1. The van der Waals surface area contributed by atoms with Crippen LogP contribution in [-0.2, 0) is 6.42 Å². The van der Waals surface area contributed by atoms with E-state index < -0.39 is 0 Å². The molecule has 0 aliphatic heterocycles. The molecule has 2 heterocycles. The van der Waals surface area contributed by atoms with E-state index in [0.29, 0.717) is 0 Å². The van der Waals surface area contributed by atoms with Crippen LogP contribution in [0.3, 0.4) is 0 Å². The van der Waals surface area contributed by atoms with Crippen molar-refractivity contribution in [3.8, 4) is 5.69 Å². The number of nitrogens with zero attached hydrogens (tertiary/aromatic N) is 1. The van der Waals surface area contributed by atoms with Crippen LogP contribution in [0, 0.1) is 0 Å². The summed E-state index contributed by atoms with van der Waals surface area (Å²) in [7, 11) is 0. The highest BCUT2D eigenvalue weighted by molar-refractivity contribution is 9.10. The van der Waals surface area contributed by atoms with Crippen molar-refractivity contribution >= 4 is 26.8 Å². The normalized spacial score (nSPS) is 11.1. The molecular formula is C19H15BrN2. The third-order valence-corrected chi connectivity index (χ3v) is 4.47. The van der Waals surface area contributed by atoms with Gasteiger partial charge in [-0.05, 0) is 47.5 Å². The highest BCUT2D eigenvalue weighted by atomic mass is 79.9. The summed E-state index contributed by atoms with van der Waals surface area (Å²) in [6, 6.07) is 19.0. The summed E-state index contributed by atoms with van der Waals surface area (Å²) in [6.45, 7) is 0. The van der Waals surface area contributed by atoms with Crippen LogP contribution in [0.5, 0.6) is 0 Å². The first-order valence-electron chi connectivity index (χ1n) is 7.28. The minimum Gasteiger partial charge on any atom is -0.361 e. The molecule has 0 fully saturated rings. The Balaban J connectivity index is 1.81. The van der Waals surface area contributed by atoms with Gasteiger partial charge >= 0.3 is 0 Å². The summed E-state index contributed by atoms with van der Waals surface area (Å²) < 4.78 is 3.27. The Kier molecular flexibility index (Phi) is 3.35. The average Bonchev–Trinajstić information content (AvgIpc) is 3.18. The molecule has 0 saturated carbocycles. The quantitative estimate of drug-likeness (QED) is 0.516. The van der Waals surface area contributed by atoms with Gasteiger partial charge in [0.1, 0.15) is 0 Å². The first-order chi connectivity index (χ1) is 10.8. The lowest BCUT2D eigenvalue weighted by atomic mass is 10.0. The van der Waals surface area contributed by atoms with Crippen molar-refractivity contribution in [3.63, 3.8) is 0 Å². The Morgan fingerprint density at radius 3 is 2.59 bits per heavy atom. The maximum Gasteiger partial charge on any atom is 0.0485 e. The number of hydrogen-bond acceptors (Lipinski definition) is 0. The lowest BCUT2D eigenvalue weighted by Crippen LogP contribution is -1.98. The number of aromatic amines is 1. The molecule has 0 radical (unpaired) electrons. The summed E-state index contributed by atoms with van der Waals surface area (Å²) in [5.41, 5.74) is 5.03. The first-order valence-corrected chi connectivity index (χ1v) is 8.07. The van der Waals surface area contributed by atoms with E-state index in [0.717, 1.165) is 10.9 Å².